The van der Waals surface area contributed by atoms with E-state index in [-0.39, 0.29) is 12.1 Å². The lowest BCUT2D eigenvalue weighted by molar-refractivity contribution is -0.116. The van der Waals surface area contributed by atoms with Crippen molar-refractivity contribution in [3.05, 3.63) is 69.7 Å². The summed E-state index contributed by atoms with van der Waals surface area (Å²) in [4.78, 5) is 29.6. The minimum Gasteiger partial charge on any atom is -0.497 e. The van der Waals surface area contributed by atoms with Crippen molar-refractivity contribution in [3.63, 3.8) is 0 Å². The van der Waals surface area contributed by atoms with Crippen LogP contribution in [-0.4, -0.2) is 44.7 Å². The summed E-state index contributed by atoms with van der Waals surface area (Å²) < 4.78 is 13.1. The van der Waals surface area contributed by atoms with E-state index in [0.717, 1.165) is 5.56 Å². The standard InChI is InChI=1S/C21H19ClN6O4/c1-31-16-7-15(8-17(9-16)32-2)24-18(29)11-27-12-23-20-19(21(27)30)25-26-28(20)10-13-4-3-5-14(22)6-13/h3-9,12H,10-11H2,1-2H3,(H,24,29). The Hall–Kier alpha value is -3.92. The van der Waals surface area contributed by atoms with E-state index in [0.29, 0.717) is 34.4 Å². The van der Waals surface area contributed by atoms with Crippen LogP contribution in [-0.2, 0) is 17.9 Å². The lowest BCUT2D eigenvalue weighted by Crippen LogP contribution is -2.28. The molecule has 0 atom stereocenters. The zero-order valence-electron chi connectivity index (χ0n) is 17.3. The molecule has 1 amide bonds. The molecule has 10 nitrogen and oxygen atoms in total. The third kappa shape index (κ3) is 4.54. The number of fused-ring (bicyclic) bond motifs is 1. The van der Waals surface area contributed by atoms with Crippen molar-refractivity contribution in [3.8, 4) is 11.5 Å². The van der Waals surface area contributed by atoms with Gasteiger partial charge in [-0.3, -0.25) is 14.2 Å². The molecular weight excluding hydrogens is 436 g/mol. The van der Waals surface area contributed by atoms with Crippen molar-refractivity contribution in [2.24, 2.45) is 0 Å². The third-order valence-electron chi connectivity index (χ3n) is 4.66. The van der Waals surface area contributed by atoms with Crippen molar-refractivity contribution in [1.82, 2.24) is 24.5 Å². The Morgan fingerprint density at radius 2 is 1.88 bits per heavy atom. The van der Waals surface area contributed by atoms with Gasteiger partial charge < -0.3 is 14.8 Å². The van der Waals surface area contributed by atoms with E-state index in [1.807, 2.05) is 12.1 Å². The molecule has 1 N–H and O–H groups in total. The van der Waals surface area contributed by atoms with E-state index in [2.05, 4.69) is 20.6 Å². The highest BCUT2D eigenvalue weighted by molar-refractivity contribution is 6.30. The van der Waals surface area contributed by atoms with Gasteiger partial charge in [0, 0.05) is 28.9 Å². The lowest BCUT2D eigenvalue weighted by Gasteiger charge is -2.10. The van der Waals surface area contributed by atoms with E-state index in [9.17, 15) is 9.59 Å². The van der Waals surface area contributed by atoms with Crippen molar-refractivity contribution in [1.29, 1.82) is 0 Å². The molecule has 0 radical (unpaired) electrons. The number of nitrogens with zero attached hydrogens (tertiary/aromatic N) is 5. The summed E-state index contributed by atoms with van der Waals surface area (Å²) in [5.74, 6) is 0.627. The van der Waals surface area contributed by atoms with Crippen LogP contribution in [0.5, 0.6) is 11.5 Å². The van der Waals surface area contributed by atoms with Crippen molar-refractivity contribution in [2.45, 2.75) is 13.1 Å². The number of ether oxygens (including phenoxy) is 2. The second-order valence-electron chi connectivity index (χ2n) is 6.88. The van der Waals surface area contributed by atoms with Gasteiger partial charge in [-0.1, -0.05) is 28.9 Å². The van der Waals surface area contributed by atoms with E-state index in [4.69, 9.17) is 21.1 Å². The molecule has 0 unspecified atom stereocenters. The fraction of sp³-hybridized carbons (Fsp3) is 0.190. The Bertz CT molecular complexity index is 1330. The quantitative estimate of drug-likeness (QED) is 0.456. The number of hydrogen-bond donors (Lipinski definition) is 1. The molecule has 0 saturated carbocycles. The molecule has 0 fully saturated rings. The number of carbonyl (C=O) groups excluding carboxylic acids is 1. The number of aromatic nitrogens is 5. The van der Waals surface area contributed by atoms with E-state index >= 15 is 0 Å². The molecule has 4 rings (SSSR count). The summed E-state index contributed by atoms with van der Waals surface area (Å²) in [5, 5.41) is 11.3. The van der Waals surface area contributed by atoms with Crippen LogP contribution >= 0.6 is 11.6 Å². The Morgan fingerprint density at radius 3 is 2.56 bits per heavy atom. The zero-order chi connectivity index (χ0) is 22.7. The Balaban J connectivity index is 1.53. The molecule has 32 heavy (non-hydrogen) atoms. The Labute approximate surface area is 187 Å². The number of anilines is 1. The highest BCUT2D eigenvalue weighted by Gasteiger charge is 2.15. The molecule has 2 aromatic carbocycles. The molecule has 0 saturated heterocycles. The highest BCUT2D eigenvalue weighted by atomic mass is 35.5. The van der Waals surface area contributed by atoms with Gasteiger partial charge in [0.25, 0.3) is 5.56 Å². The van der Waals surface area contributed by atoms with E-state index in [1.54, 1.807) is 30.3 Å². The molecule has 0 aliphatic carbocycles. The molecule has 4 aromatic rings. The minimum absolute atomic E-state index is 0.0744. The maximum atomic E-state index is 12.8. The number of carbonyl (C=O) groups is 1. The molecule has 0 aliphatic heterocycles. The number of halogens is 1. The second-order valence-corrected chi connectivity index (χ2v) is 7.31. The number of rotatable bonds is 7. The molecule has 2 heterocycles. The lowest BCUT2D eigenvalue weighted by atomic mass is 10.2. The largest absolute Gasteiger partial charge is 0.497 e. The summed E-state index contributed by atoms with van der Waals surface area (Å²) in [6, 6.07) is 12.3. The number of amides is 1. The number of methoxy groups -OCH3 is 2. The van der Waals surface area contributed by atoms with Crippen LogP contribution < -0.4 is 20.3 Å². The van der Waals surface area contributed by atoms with E-state index < -0.39 is 11.5 Å². The summed E-state index contributed by atoms with van der Waals surface area (Å²) in [6.45, 7) is 0.105. The number of benzene rings is 2. The van der Waals surface area contributed by atoms with Crippen molar-refractivity contribution >= 4 is 34.4 Å². The highest BCUT2D eigenvalue weighted by Crippen LogP contribution is 2.25. The smallest absolute Gasteiger partial charge is 0.283 e. The predicted octanol–water partition coefficient (Wildman–Crippen LogP) is 2.35. The molecule has 164 valence electrons. The zero-order valence-corrected chi connectivity index (χ0v) is 18.0. The van der Waals surface area contributed by atoms with Crippen LogP contribution in [0.15, 0.2) is 53.6 Å². The van der Waals surface area contributed by atoms with Crippen molar-refractivity contribution < 1.29 is 14.3 Å². The molecule has 0 spiro atoms. The molecule has 0 bridgehead atoms. The van der Waals surface area contributed by atoms with Gasteiger partial charge in [-0.2, -0.15) is 0 Å². The van der Waals surface area contributed by atoms with Gasteiger partial charge in [-0.25, -0.2) is 9.67 Å². The molecule has 0 aliphatic rings. The second kappa shape index (κ2) is 9.06. The first-order chi connectivity index (χ1) is 15.5. The van der Waals surface area contributed by atoms with Gasteiger partial charge in [-0.15, -0.1) is 5.10 Å². The maximum absolute atomic E-state index is 12.8. The number of nitrogens with one attached hydrogen (secondary N) is 1. The fourth-order valence-corrected chi connectivity index (χ4v) is 3.36. The van der Waals surface area contributed by atoms with Gasteiger partial charge in [0.05, 0.1) is 20.8 Å². The van der Waals surface area contributed by atoms with Crippen LogP contribution in [0.4, 0.5) is 5.69 Å². The van der Waals surface area contributed by atoms with Crippen LogP contribution in [0.3, 0.4) is 0 Å². The fourth-order valence-electron chi connectivity index (χ4n) is 3.15. The summed E-state index contributed by atoms with van der Waals surface area (Å²) in [6.07, 6.45) is 1.30. The first-order valence-corrected chi connectivity index (χ1v) is 9.90. The van der Waals surface area contributed by atoms with Gasteiger partial charge in [0.2, 0.25) is 5.91 Å². The number of hydrogen-bond acceptors (Lipinski definition) is 7. The summed E-state index contributed by atoms with van der Waals surface area (Å²) >= 11 is 6.02. The van der Waals surface area contributed by atoms with Gasteiger partial charge in [-0.05, 0) is 17.7 Å². The Morgan fingerprint density at radius 1 is 1.12 bits per heavy atom. The topological polar surface area (TPSA) is 113 Å². The van der Waals surface area contributed by atoms with Crippen LogP contribution in [0, 0.1) is 0 Å². The third-order valence-corrected chi connectivity index (χ3v) is 4.90. The first-order valence-electron chi connectivity index (χ1n) is 9.53. The van der Waals surface area contributed by atoms with Crippen molar-refractivity contribution in [2.75, 3.05) is 19.5 Å². The molecule has 11 heteroatoms. The molecule has 2 aromatic heterocycles. The van der Waals surface area contributed by atoms with Gasteiger partial charge >= 0.3 is 0 Å². The normalized spacial score (nSPS) is 10.8. The van der Waals surface area contributed by atoms with Gasteiger partial charge in [0.15, 0.2) is 11.2 Å². The van der Waals surface area contributed by atoms with Crippen LogP contribution in [0.2, 0.25) is 5.02 Å². The average Bonchev–Trinajstić information content (AvgIpc) is 3.18. The molecular formula is C21H19ClN6O4. The average molecular weight is 455 g/mol. The van der Waals surface area contributed by atoms with E-state index in [1.165, 1.54) is 29.8 Å². The minimum atomic E-state index is -0.467. The maximum Gasteiger partial charge on any atom is 0.283 e. The van der Waals surface area contributed by atoms with Crippen LogP contribution in [0.25, 0.3) is 11.2 Å². The monoisotopic (exact) mass is 454 g/mol. The van der Waals surface area contributed by atoms with Crippen LogP contribution in [0.1, 0.15) is 5.56 Å². The summed E-state index contributed by atoms with van der Waals surface area (Å²) in [7, 11) is 3.03. The van der Waals surface area contributed by atoms with Gasteiger partial charge in [0.1, 0.15) is 24.4 Å². The summed E-state index contributed by atoms with van der Waals surface area (Å²) in [5.41, 5.74) is 1.30. The Kier molecular flexibility index (Phi) is 6.04. The first kappa shape index (κ1) is 21.3. The SMILES string of the molecule is COc1cc(NC(=O)Cn2cnc3c(nnn3Cc3cccc(Cl)c3)c2=O)cc(OC)c1. The predicted molar refractivity (Wildman–Crippen MR) is 118 cm³/mol.